The zero-order valence-electron chi connectivity index (χ0n) is 12.3. The summed E-state index contributed by atoms with van der Waals surface area (Å²) < 4.78 is 5.40. The van der Waals surface area contributed by atoms with Crippen molar-refractivity contribution < 1.29 is 9.53 Å². The van der Waals surface area contributed by atoms with Gasteiger partial charge < -0.3 is 15.4 Å². The quantitative estimate of drug-likeness (QED) is 0.861. The third-order valence-electron chi connectivity index (χ3n) is 3.88. The van der Waals surface area contributed by atoms with Gasteiger partial charge in [-0.2, -0.15) is 0 Å². The average Bonchev–Trinajstić information content (AvgIpc) is 2.48. The first kappa shape index (κ1) is 14.9. The number of carbonyl (C=O) groups is 1. The van der Waals surface area contributed by atoms with Gasteiger partial charge in [0.15, 0.2) is 0 Å². The van der Waals surface area contributed by atoms with Crippen LogP contribution < -0.4 is 15.4 Å². The van der Waals surface area contributed by atoms with Crippen LogP contribution in [0.1, 0.15) is 25.3 Å². The summed E-state index contributed by atoms with van der Waals surface area (Å²) in [6, 6.07) is 8.09. The summed E-state index contributed by atoms with van der Waals surface area (Å²) in [6.45, 7) is 3.54. The average molecular weight is 276 g/mol. The molecular weight excluding hydrogens is 252 g/mol. The highest BCUT2D eigenvalue weighted by Crippen LogP contribution is 2.26. The number of benzene rings is 1. The van der Waals surface area contributed by atoms with E-state index >= 15 is 0 Å². The van der Waals surface area contributed by atoms with E-state index in [0.717, 1.165) is 31.6 Å². The van der Waals surface area contributed by atoms with E-state index < -0.39 is 0 Å². The van der Waals surface area contributed by atoms with Gasteiger partial charge in [-0.05, 0) is 50.3 Å². The van der Waals surface area contributed by atoms with Crippen LogP contribution in [0.3, 0.4) is 0 Å². The molecule has 1 heterocycles. The maximum Gasteiger partial charge on any atom is 0.237 e. The number of ether oxygens (including phenoxy) is 1. The van der Waals surface area contributed by atoms with E-state index in [-0.39, 0.29) is 11.9 Å². The molecule has 0 saturated carbocycles. The van der Waals surface area contributed by atoms with Gasteiger partial charge in [0.2, 0.25) is 5.91 Å². The Labute approximate surface area is 120 Å². The Morgan fingerprint density at radius 3 is 3.00 bits per heavy atom. The fraction of sp³-hybridized carbons (Fsp3) is 0.562. The molecule has 4 nitrogen and oxygen atoms in total. The van der Waals surface area contributed by atoms with Gasteiger partial charge >= 0.3 is 0 Å². The van der Waals surface area contributed by atoms with Crippen molar-refractivity contribution in [2.45, 2.75) is 32.2 Å². The van der Waals surface area contributed by atoms with Gasteiger partial charge in [0, 0.05) is 6.54 Å². The molecule has 2 atom stereocenters. The highest BCUT2D eigenvalue weighted by molar-refractivity contribution is 5.81. The fourth-order valence-electron chi connectivity index (χ4n) is 2.86. The lowest BCUT2D eigenvalue weighted by molar-refractivity contribution is -0.123. The van der Waals surface area contributed by atoms with E-state index in [1.807, 2.05) is 25.1 Å². The van der Waals surface area contributed by atoms with E-state index in [9.17, 15) is 4.79 Å². The largest absolute Gasteiger partial charge is 0.496 e. The monoisotopic (exact) mass is 276 g/mol. The minimum absolute atomic E-state index is 0.0524. The Hall–Kier alpha value is -1.55. The lowest BCUT2D eigenvalue weighted by atomic mass is 9.86. The summed E-state index contributed by atoms with van der Waals surface area (Å²) in [6.07, 6.45) is 2.97. The number of para-hydroxylation sites is 1. The molecule has 0 aromatic heterocycles. The van der Waals surface area contributed by atoms with Crippen LogP contribution in [-0.2, 0) is 11.2 Å². The standard InChI is InChI=1S/C16H24N2O2/c1-3-17-16(19)14-11-12(8-9-18-14)10-13-6-4-5-7-15(13)20-2/h4-7,12,14,18H,3,8-11H2,1-2H3,(H,17,19). The molecule has 1 amide bonds. The lowest BCUT2D eigenvalue weighted by Gasteiger charge is -2.29. The minimum atomic E-state index is -0.0524. The first-order valence-corrected chi connectivity index (χ1v) is 7.37. The van der Waals surface area contributed by atoms with E-state index in [1.165, 1.54) is 5.56 Å². The highest BCUT2D eigenvalue weighted by Gasteiger charge is 2.26. The van der Waals surface area contributed by atoms with Crippen molar-refractivity contribution in [2.75, 3.05) is 20.2 Å². The molecule has 1 aliphatic heterocycles. The van der Waals surface area contributed by atoms with E-state index in [4.69, 9.17) is 4.74 Å². The van der Waals surface area contributed by atoms with Crippen molar-refractivity contribution in [1.82, 2.24) is 10.6 Å². The van der Waals surface area contributed by atoms with Crippen LogP contribution >= 0.6 is 0 Å². The molecule has 0 bridgehead atoms. The van der Waals surface area contributed by atoms with Crippen LogP contribution in [0.15, 0.2) is 24.3 Å². The zero-order valence-corrected chi connectivity index (χ0v) is 12.3. The van der Waals surface area contributed by atoms with Gasteiger partial charge in [-0.25, -0.2) is 0 Å². The Morgan fingerprint density at radius 1 is 1.45 bits per heavy atom. The number of amides is 1. The molecule has 110 valence electrons. The molecule has 4 heteroatoms. The molecule has 0 radical (unpaired) electrons. The molecule has 1 aliphatic rings. The smallest absolute Gasteiger partial charge is 0.237 e. The predicted molar refractivity (Wildman–Crippen MR) is 79.9 cm³/mol. The number of hydrogen-bond donors (Lipinski definition) is 2. The summed E-state index contributed by atoms with van der Waals surface area (Å²) >= 11 is 0. The van der Waals surface area contributed by atoms with Crippen LogP contribution in [0.2, 0.25) is 0 Å². The van der Waals surface area contributed by atoms with E-state index in [0.29, 0.717) is 12.5 Å². The van der Waals surface area contributed by atoms with Crippen LogP contribution in [-0.4, -0.2) is 32.1 Å². The fourth-order valence-corrected chi connectivity index (χ4v) is 2.86. The SMILES string of the molecule is CCNC(=O)C1CC(Cc2ccccc2OC)CCN1. The number of nitrogens with one attached hydrogen (secondary N) is 2. The second-order valence-electron chi connectivity index (χ2n) is 5.31. The topological polar surface area (TPSA) is 50.4 Å². The van der Waals surface area contributed by atoms with Crippen molar-refractivity contribution in [3.05, 3.63) is 29.8 Å². The molecule has 1 saturated heterocycles. The Morgan fingerprint density at radius 2 is 2.25 bits per heavy atom. The number of piperidine rings is 1. The second-order valence-corrected chi connectivity index (χ2v) is 5.31. The van der Waals surface area contributed by atoms with Crippen LogP contribution in [0.4, 0.5) is 0 Å². The molecule has 0 aliphatic carbocycles. The number of hydrogen-bond acceptors (Lipinski definition) is 3. The Balaban J connectivity index is 1.97. The van der Waals surface area contributed by atoms with E-state index in [1.54, 1.807) is 7.11 Å². The molecule has 0 spiro atoms. The minimum Gasteiger partial charge on any atom is -0.496 e. The number of rotatable bonds is 5. The molecule has 2 N–H and O–H groups in total. The normalized spacial score (nSPS) is 22.3. The van der Waals surface area contributed by atoms with Gasteiger partial charge in [-0.3, -0.25) is 4.79 Å². The van der Waals surface area contributed by atoms with Crippen molar-refractivity contribution in [3.8, 4) is 5.75 Å². The van der Waals surface area contributed by atoms with Crippen LogP contribution in [0.5, 0.6) is 5.75 Å². The Bertz CT molecular complexity index is 448. The summed E-state index contributed by atoms with van der Waals surface area (Å²) in [4.78, 5) is 11.9. The molecule has 1 aromatic carbocycles. The van der Waals surface area contributed by atoms with Crippen LogP contribution in [0, 0.1) is 5.92 Å². The van der Waals surface area contributed by atoms with Crippen LogP contribution in [0.25, 0.3) is 0 Å². The lowest BCUT2D eigenvalue weighted by Crippen LogP contribution is -2.49. The van der Waals surface area contributed by atoms with Gasteiger partial charge in [0.1, 0.15) is 5.75 Å². The third-order valence-corrected chi connectivity index (χ3v) is 3.88. The zero-order chi connectivity index (χ0) is 14.4. The summed E-state index contributed by atoms with van der Waals surface area (Å²) in [7, 11) is 1.71. The Kier molecular flexibility index (Phi) is 5.41. The van der Waals surface area contributed by atoms with Crippen molar-refractivity contribution >= 4 is 5.91 Å². The molecule has 1 aromatic rings. The highest BCUT2D eigenvalue weighted by atomic mass is 16.5. The van der Waals surface area contributed by atoms with Crippen molar-refractivity contribution in [3.63, 3.8) is 0 Å². The van der Waals surface area contributed by atoms with Crippen molar-refractivity contribution in [1.29, 1.82) is 0 Å². The van der Waals surface area contributed by atoms with Gasteiger partial charge in [-0.1, -0.05) is 18.2 Å². The summed E-state index contributed by atoms with van der Waals surface area (Å²) in [5.74, 6) is 1.60. The summed E-state index contributed by atoms with van der Waals surface area (Å²) in [5.41, 5.74) is 1.23. The molecular formula is C16H24N2O2. The molecule has 1 fully saturated rings. The van der Waals surface area contributed by atoms with E-state index in [2.05, 4.69) is 16.7 Å². The second kappa shape index (κ2) is 7.29. The van der Waals surface area contributed by atoms with Gasteiger partial charge in [0.25, 0.3) is 0 Å². The summed E-state index contributed by atoms with van der Waals surface area (Å²) in [5, 5.41) is 6.20. The number of carbonyl (C=O) groups excluding carboxylic acids is 1. The number of likely N-dealkylation sites (N-methyl/N-ethyl adjacent to an activating group) is 1. The maximum atomic E-state index is 11.9. The van der Waals surface area contributed by atoms with Gasteiger partial charge in [-0.15, -0.1) is 0 Å². The number of methoxy groups -OCH3 is 1. The van der Waals surface area contributed by atoms with Gasteiger partial charge in [0.05, 0.1) is 13.2 Å². The maximum absolute atomic E-state index is 11.9. The third kappa shape index (κ3) is 3.73. The first-order valence-electron chi connectivity index (χ1n) is 7.37. The van der Waals surface area contributed by atoms with Crippen molar-refractivity contribution in [2.24, 2.45) is 5.92 Å². The molecule has 2 rings (SSSR count). The first-order chi connectivity index (χ1) is 9.74. The molecule has 20 heavy (non-hydrogen) atoms. The predicted octanol–water partition coefficient (Wildman–Crippen LogP) is 1.74. The molecule has 2 unspecified atom stereocenters.